The van der Waals surface area contributed by atoms with E-state index < -0.39 is 6.04 Å². The molecule has 0 bridgehead atoms. The number of H-pyrrole nitrogens is 1. The predicted octanol–water partition coefficient (Wildman–Crippen LogP) is 6.42. The fraction of sp³-hybridized carbons (Fsp3) is 0.205. The summed E-state index contributed by atoms with van der Waals surface area (Å²) in [5.41, 5.74) is 5.26. The monoisotopic (exact) mass is 656 g/mol. The van der Waals surface area contributed by atoms with Crippen LogP contribution in [-0.2, 0) is 4.79 Å². The van der Waals surface area contributed by atoms with Gasteiger partial charge in [0.05, 0.1) is 35.7 Å². The van der Waals surface area contributed by atoms with E-state index in [0.717, 1.165) is 49.8 Å². The van der Waals surface area contributed by atoms with Gasteiger partial charge in [-0.25, -0.2) is 4.99 Å². The van der Waals surface area contributed by atoms with Crippen molar-refractivity contribution < 1.29 is 14.3 Å². The highest BCUT2D eigenvalue weighted by Gasteiger charge is 2.36. The number of aromatic amines is 1. The van der Waals surface area contributed by atoms with Gasteiger partial charge >= 0.3 is 0 Å². The van der Waals surface area contributed by atoms with Gasteiger partial charge in [0.2, 0.25) is 0 Å². The van der Waals surface area contributed by atoms with E-state index in [1.54, 1.807) is 23.7 Å². The highest BCUT2D eigenvalue weighted by atomic mass is 32.1. The Labute approximate surface area is 281 Å². The molecule has 242 valence electrons. The van der Waals surface area contributed by atoms with Crippen molar-refractivity contribution in [2.45, 2.75) is 26.8 Å². The summed E-state index contributed by atoms with van der Waals surface area (Å²) in [6, 6.07) is 27.1. The molecule has 0 aliphatic carbocycles. The van der Waals surface area contributed by atoms with Crippen molar-refractivity contribution in [3.63, 3.8) is 0 Å². The third-order valence-electron chi connectivity index (χ3n) is 9.11. The highest BCUT2D eigenvalue weighted by molar-refractivity contribution is 7.07. The van der Waals surface area contributed by atoms with Crippen molar-refractivity contribution in [3.8, 4) is 22.8 Å². The third-order valence-corrected chi connectivity index (χ3v) is 10.1. The van der Waals surface area contributed by atoms with Crippen molar-refractivity contribution in [2.24, 2.45) is 4.99 Å². The molecule has 4 aromatic carbocycles. The van der Waals surface area contributed by atoms with Gasteiger partial charge in [-0.2, -0.15) is 0 Å². The fourth-order valence-corrected chi connectivity index (χ4v) is 7.75. The highest BCUT2D eigenvalue weighted by Crippen LogP contribution is 2.41. The average Bonchev–Trinajstić information content (AvgIpc) is 3.63. The summed E-state index contributed by atoms with van der Waals surface area (Å²) < 4.78 is 13.7. The molecule has 0 saturated carbocycles. The molecule has 0 saturated heterocycles. The zero-order valence-corrected chi connectivity index (χ0v) is 28.4. The van der Waals surface area contributed by atoms with Crippen LogP contribution in [0.4, 0.5) is 0 Å². The molecular formula is C39H36N4O4S. The lowest BCUT2D eigenvalue weighted by Crippen LogP contribution is -2.43. The Morgan fingerprint density at radius 2 is 1.71 bits per heavy atom. The Hall–Kier alpha value is -5.41. The SMILES string of the molecule is CCN(CC)C(=O)C1=C(C)N=c2s/c(=C/c3c(-c4ccccc4)[nH]c4ccc(OC)cc34)c(=O)n2[C@H]1c1c(OC)ccc2ccccc12. The van der Waals surface area contributed by atoms with Gasteiger partial charge in [0.1, 0.15) is 17.5 Å². The molecule has 1 aliphatic heterocycles. The van der Waals surface area contributed by atoms with E-state index in [1.807, 2.05) is 112 Å². The Balaban J connectivity index is 1.54. The van der Waals surface area contributed by atoms with Crippen LogP contribution in [0.2, 0.25) is 0 Å². The molecule has 0 fully saturated rings. The molecule has 1 atom stereocenters. The number of thiazole rings is 1. The smallest absolute Gasteiger partial charge is 0.271 e. The largest absolute Gasteiger partial charge is 0.497 e. The number of methoxy groups -OCH3 is 2. The van der Waals surface area contributed by atoms with E-state index in [0.29, 0.717) is 39.4 Å². The molecule has 9 heteroatoms. The van der Waals surface area contributed by atoms with Crippen LogP contribution in [0.25, 0.3) is 39.0 Å². The molecule has 48 heavy (non-hydrogen) atoms. The lowest BCUT2D eigenvalue weighted by molar-refractivity contribution is -0.127. The molecule has 1 N–H and O–H groups in total. The Bertz CT molecular complexity index is 2420. The predicted molar refractivity (Wildman–Crippen MR) is 192 cm³/mol. The van der Waals surface area contributed by atoms with E-state index in [2.05, 4.69) is 4.98 Å². The molecule has 0 unspecified atom stereocenters. The van der Waals surface area contributed by atoms with Gasteiger partial charge in [-0.1, -0.05) is 72.0 Å². The molecule has 8 nitrogen and oxygen atoms in total. The van der Waals surface area contributed by atoms with E-state index >= 15 is 0 Å². The van der Waals surface area contributed by atoms with Crippen molar-refractivity contribution in [1.29, 1.82) is 0 Å². The first-order chi connectivity index (χ1) is 23.4. The maximum atomic E-state index is 14.8. The summed E-state index contributed by atoms with van der Waals surface area (Å²) in [6.07, 6.45) is 1.94. The summed E-state index contributed by atoms with van der Waals surface area (Å²) in [5.74, 6) is 1.17. The molecule has 0 radical (unpaired) electrons. The third kappa shape index (κ3) is 5.11. The number of aromatic nitrogens is 2. The first-order valence-electron chi connectivity index (χ1n) is 16.0. The van der Waals surface area contributed by atoms with Crippen molar-refractivity contribution in [2.75, 3.05) is 27.3 Å². The minimum atomic E-state index is -0.755. The second-order valence-electron chi connectivity index (χ2n) is 11.7. The maximum absolute atomic E-state index is 14.8. The molecule has 6 aromatic rings. The number of nitrogens with zero attached hydrogens (tertiary/aromatic N) is 3. The number of likely N-dealkylation sites (N-methyl/N-ethyl adjacent to an activating group) is 1. The van der Waals surface area contributed by atoms with Crippen molar-refractivity contribution in [3.05, 3.63) is 127 Å². The van der Waals surface area contributed by atoms with Crippen LogP contribution >= 0.6 is 11.3 Å². The van der Waals surface area contributed by atoms with Crippen LogP contribution < -0.4 is 24.4 Å². The molecule has 3 heterocycles. The second-order valence-corrected chi connectivity index (χ2v) is 12.7. The zero-order valence-electron chi connectivity index (χ0n) is 27.5. The number of ether oxygens (including phenoxy) is 2. The van der Waals surface area contributed by atoms with E-state index in [9.17, 15) is 9.59 Å². The number of rotatable bonds is 8. The minimum absolute atomic E-state index is 0.148. The van der Waals surface area contributed by atoms with Crippen LogP contribution in [0.5, 0.6) is 11.5 Å². The van der Waals surface area contributed by atoms with Gasteiger partial charge in [-0.3, -0.25) is 14.2 Å². The Morgan fingerprint density at radius 1 is 0.958 bits per heavy atom. The van der Waals surface area contributed by atoms with Gasteiger partial charge in [-0.05, 0) is 67.4 Å². The summed E-state index contributed by atoms with van der Waals surface area (Å²) in [4.78, 5) is 39.9. The first-order valence-corrected chi connectivity index (χ1v) is 16.8. The lowest BCUT2D eigenvalue weighted by Gasteiger charge is -2.30. The zero-order chi connectivity index (χ0) is 33.5. The number of hydrogen-bond donors (Lipinski definition) is 1. The summed E-state index contributed by atoms with van der Waals surface area (Å²) in [5, 5.41) is 2.82. The Kier molecular flexibility index (Phi) is 8.23. The second kappa shape index (κ2) is 12.7. The number of fused-ring (bicyclic) bond motifs is 3. The first kappa shape index (κ1) is 31.2. The molecule has 1 amide bonds. The quantitative estimate of drug-likeness (QED) is 0.205. The molecule has 2 aromatic heterocycles. The van der Waals surface area contributed by atoms with Crippen LogP contribution in [0.3, 0.4) is 0 Å². The summed E-state index contributed by atoms with van der Waals surface area (Å²) >= 11 is 1.32. The average molecular weight is 657 g/mol. The molecule has 7 rings (SSSR count). The Morgan fingerprint density at radius 3 is 2.44 bits per heavy atom. The van der Waals surface area contributed by atoms with Crippen LogP contribution in [-0.4, -0.2) is 47.7 Å². The number of allylic oxidation sites excluding steroid dienone is 1. The minimum Gasteiger partial charge on any atom is -0.497 e. The fourth-order valence-electron chi connectivity index (χ4n) is 6.72. The van der Waals surface area contributed by atoms with Crippen molar-refractivity contribution >= 4 is 45.0 Å². The van der Waals surface area contributed by atoms with Gasteiger partial charge in [0.25, 0.3) is 11.5 Å². The van der Waals surface area contributed by atoms with Crippen LogP contribution in [0.1, 0.15) is 37.9 Å². The number of carbonyl (C=O) groups is 1. The van der Waals surface area contributed by atoms with Gasteiger partial charge in [0.15, 0.2) is 4.80 Å². The standard InChI is InChI=1S/C39H36N4O4S/c1-6-42(7-2)38(45)33-23(3)40-39-43(36(33)34-27-16-12-11-13-24(27)17-20-31(34)47-5)37(44)32(48-39)22-29-28-21-26(46-4)18-19-30(28)41-35(29)25-14-9-8-10-15-25/h8-22,36,41H,6-7H2,1-5H3/b32-22+/t36-/m1/s1. The van der Waals surface area contributed by atoms with E-state index in [-0.39, 0.29) is 11.5 Å². The molecule has 1 aliphatic rings. The number of hydrogen-bond acceptors (Lipinski definition) is 6. The number of carbonyl (C=O) groups excluding carboxylic acids is 1. The molecule has 0 spiro atoms. The number of benzene rings is 4. The maximum Gasteiger partial charge on any atom is 0.271 e. The summed E-state index contributed by atoms with van der Waals surface area (Å²) in [7, 11) is 3.26. The van der Waals surface area contributed by atoms with E-state index in [1.165, 1.54) is 11.3 Å². The lowest BCUT2D eigenvalue weighted by atomic mass is 9.90. The topological polar surface area (TPSA) is 88.9 Å². The van der Waals surface area contributed by atoms with Gasteiger partial charge < -0.3 is 19.4 Å². The van der Waals surface area contributed by atoms with E-state index in [4.69, 9.17) is 14.5 Å². The van der Waals surface area contributed by atoms with Gasteiger partial charge in [-0.15, -0.1) is 0 Å². The van der Waals surface area contributed by atoms with Gasteiger partial charge in [0, 0.05) is 35.1 Å². The number of nitrogens with one attached hydrogen (secondary N) is 1. The normalized spacial score (nSPS) is 14.7. The molecular weight excluding hydrogens is 621 g/mol. The van der Waals surface area contributed by atoms with Crippen LogP contribution in [0.15, 0.2) is 106 Å². The summed E-state index contributed by atoms with van der Waals surface area (Å²) in [6.45, 7) is 6.84. The number of amides is 1. The van der Waals surface area contributed by atoms with Crippen molar-refractivity contribution in [1.82, 2.24) is 14.5 Å². The van der Waals surface area contributed by atoms with Crippen LogP contribution in [0, 0.1) is 0 Å².